The SMILES string of the molecule is Cc1ccc(N2CCN(S(=O)(=O)c3cc([N+](=O)[O-])ccc3C)CC2)cc1Cl. The topological polar surface area (TPSA) is 83.8 Å². The number of hydrogen-bond donors (Lipinski definition) is 0. The van der Waals surface area contributed by atoms with Crippen molar-refractivity contribution >= 4 is 33.0 Å². The summed E-state index contributed by atoms with van der Waals surface area (Å²) in [5.74, 6) is 0. The first-order valence-corrected chi connectivity index (χ1v) is 10.3. The van der Waals surface area contributed by atoms with Crippen LogP contribution in [0.15, 0.2) is 41.3 Å². The van der Waals surface area contributed by atoms with Gasteiger partial charge >= 0.3 is 0 Å². The standard InChI is InChI=1S/C18H20ClN3O4S/c1-13-3-5-15(11-17(13)19)20-7-9-21(10-8-20)27(25,26)18-12-16(22(23)24)6-4-14(18)2/h3-6,11-12H,7-10H2,1-2H3. The molecule has 144 valence electrons. The van der Waals surface area contributed by atoms with Crippen LogP contribution in [0, 0.1) is 24.0 Å². The fourth-order valence-electron chi connectivity index (χ4n) is 3.08. The van der Waals surface area contributed by atoms with Crippen molar-refractivity contribution in [1.29, 1.82) is 0 Å². The van der Waals surface area contributed by atoms with Crippen molar-refractivity contribution in [3.63, 3.8) is 0 Å². The van der Waals surface area contributed by atoms with Crippen molar-refractivity contribution in [1.82, 2.24) is 4.31 Å². The van der Waals surface area contributed by atoms with Crippen LogP contribution in [-0.2, 0) is 10.0 Å². The van der Waals surface area contributed by atoms with Gasteiger partial charge in [0.25, 0.3) is 5.69 Å². The lowest BCUT2D eigenvalue weighted by molar-refractivity contribution is -0.385. The molecule has 1 aliphatic rings. The minimum absolute atomic E-state index is 0.0106. The van der Waals surface area contributed by atoms with E-state index in [1.165, 1.54) is 16.4 Å². The normalized spacial score (nSPS) is 15.7. The number of halogens is 1. The van der Waals surface area contributed by atoms with Gasteiger partial charge in [-0.05, 0) is 37.1 Å². The maximum Gasteiger partial charge on any atom is 0.270 e. The van der Waals surface area contributed by atoms with Gasteiger partial charge in [-0.25, -0.2) is 8.42 Å². The molecule has 0 aromatic heterocycles. The molecule has 7 nitrogen and oxygen atoms in total. The molecule has 3 rings (SSSR count). The van der Waals surface area contributed by atoms with Gasteiger partial charge in [0.15, 0.2) is 0 Å². The van der Waals surface area contributed by atoms with Gasteiger partial charge in [0.2, 0.25) is 10.0 Å². The number of nitro benzene ring substituents is 1. The van der Waals surface area contributed by atoms with E-state index in [9.17, 15) is 18.5 Å². The van der Waals surface area contributed by atoms with E-state index in [0.717, 1.165) is 17.3 Å². The second-order valence-electron chi connectivity index (χ2n) is 6.53. The van der Waals surface area contributed by atoms with E-state index in [0.29, 0.717) is 36.8 Å². The second kappa shape index (κ2) is 7.46. The summed E-state index contributed by atoms with van der Waals surface area (Å²) in [7, 11) is -3.79. The van der Waals surface area contributed by atoms with Gasteiger partial charge in [-0.1, -0.05) is 23.7 Å². The summed E-state index contributed by atoms with van der Waals surface area (Å²) in [4.78, 5) is 12.5. The summed E-state index contributed by atoms with van der Waals surface area (Å²) in [5.41, 5.74) is 2.21. The van der Waals surface area contributed by atoms with Crippen LogP contribution < -0.4 is 4.90 Å². The minimum Gasteiger partial charge on any atom is -0.369 e. The fourth-order valence-corrected chi connectivity index (χ4v) is 4.93. The highest BCUT2D eigenvalue weighted by molar-refractivity contribution is 7.89. The maximum absolute atomic E-state index is 13.0. The predicted molar refractivity (Wildman–Crippen MR) is 105 cm³/mol. The molecule has 1 fully saturated rings. The van der Waals surface area contributed by atoms with Crippen molar-refractivity contribution in [2.45, 2.75) is 18.7 Å². The smallest absolute Gasteiger partial charge is 0.270 e. The molecule has 2 aromatic carbocycles. The summed E-state index contributed by atoms with van der Waals surface area (Å²) < 4.78 is 27.4. The summed E-state index contributed by atoms with van der Waals surface area (Å²) in [6.07, 6.45) is 0. The summed E-state index contributed by atoms with van der Waals surface area (Å²) in [6.45, 7) is 5.21. The van der Waals surface area contributed by atoms with E-state index in [-0.39, 0.29) is 10.6 Å². The molecule has 2 aromatic rings. The molecule has 27 heavy (non-hydrogen) atoms. The largest absolute Gasteiger partial charge is 0.369 e. The van der Waals surface area contributed by atoms with E-state index in [4.69, 9.17) is 11.6 Å². The molecule has 0 aliphatic carbocycles. The average Bonchev–Trinajstić information content (AvgIpc) is 2.64. The summed E-state index contributed by atoms with van der Waals surface area (Å²) >= 11 is 6.18. The first-order valence-electron chi connectivity index (χ1n) is 8.46. The lowest BCUT2D eigenvalue weighted by atomic mass is 10.2. The molecule has 0 unspecified atom stereocenters. The highest BCUT2D eigenvalue weighted by Gasteiger charge is 2.31. The van der Waals surface area contributed by atoms with Crippen LogP contribution in [0.4, 0.5) is 11.4 Å². The summed E-state index contributed by atoms with van der Waals surface area (Å²) in [5, 5.41) is 11.7. The highest BCUT2D eigenvalue weighted by atomic mass is 35.5. The third kappa shape index (κ3) is 3.92. The van der Waals surface area contributed by atoms with Crippen LogP contribution in [0.1, 0.15) is 11.1 Å². The molecule has 0 radical (unpaired) electrons. The van der Waals surface area contributed by atoms with Crippen LogP contribution in [0.25, 0.3) is 0 Å². The van der Waals surface area contributed by atoms with E-state index in [1.807, 2.05) is 25.1 Å². The number of nitrogens with zero attached hydrogens (tertiary/aromatic N) is 3. The molecule has 0 atom stereocenters. The third-order valence-electron chi connectivity index (χ3n) is 4.76. The monoisotopic (exact) mass is 409 g/mol. The molecule has 0 N–H and O–H groups in total. The number of anilines is 1. The molecule has 9 heteroatoms. The minimum atomic E-state index is -3.79. The number of hydrogen-bond acceptors (Lipinski definition) is 5. The van der Waals surface area contributed by atoms with Gasteiger partial charge in [-0.15, -0.1) is 0 Å². The van der Waals surface area contributed by atoms with Crippen molar-refractivity contribution in [2.24, 2.45) is 0 Å². The average molecular weight is 410 g/mol. The number of sulfonamides is 1. The molecule has 1 aliphatic heterocycles. The van der Waals surface area contributed by atoms with E-state index < -0.39 is 14.9 Å². The van der Waals surface area contributed by atoms with Crippen LogP contribution in [0.2, 0.25) is 5.02 Å². The molecular formula is C18H20ClN3O4S. The van der Waals surface area contributed by atoms with Crippen molar-refractivity contribution in [2.75, 3.05) is 31.1 Å². The van der Waals surface area contributed by atoms with Crippen LogP contribution in [0.3, 0.4) is 0 Å². The Kier molecular flexibility index (Phi) is 5.41. The molecule has 0 spiro atoms. The third-order valence-corrected chi connectivity index (χ3v) is 7.21. The Morgan fingerprint density at radius 3 is 2.22 bits per heavy atom. The molecule has 0 amide bonds. The molecule has 0 saturated carbocycles. The number of non-ortho nitro benzene ring substituents is 1. The Morgan fingerprint density at radius 2 is 1.63 bits per heavy atom. The zero-order valence-electron chi connectivity index (χ0n) is 15.1. The Morgan fingerprint density at radius 1 is 1.00 bits per heavy atom. The van der Waals surface area contributed by atoms with Crippen LogP contribution in [-0.4, -0.2) is 43.8 Å². The Hall–Kier alpha value is -2.16. The quantitative estimate of drug-likeness (QED) is 0.571. The van der Waals surface area contributed by atoms with Gasteiger partial charge in [0, 0.05) is 49.0 Å². The number of piperazine rings is 1. The zero-order valence-corrected chi connectivity index (χ0v) is 16.6. The first kappa shape index (κ1) is 19.6. The molecule has 1 saturated heterocycles. The lowest BCUT2D eigenvalue weighted by Gasteiger charge is -2.35. The van der Waals surface area contributed by atoms with Crippen LogP contribution in [0.5, 0.6) is 0 Å². The number of nitro groups is 1. The Labute approximate surface area is 163 Å². The van der Waals surface area contributed by atoms with Crippen molar-refractivity contribution in [3.8, 4) is 0 Å². The number of benzene rings is 2. The van der Waals surface area contributed by atoms with Gasteiger partial charge in [0.05, 0.1) is 9.82 Å². The zero-order chi connectivity index (χ0) is 19.8. The van der Waals surface area contributed by atoms with E-state index >= 15 is 0 Å². The number of aryl methyl sites for hydroxylation is 2. The first-order chi connectivity index (χ1) is 12.7. The maximum atomic E-state index is 13.0. The second-order valence-corrected chi connectivity index (χ2v) is 8.85. The Bertz CT molecular complexity index is 986. The molecular weight excluding hydrogens is 390 g/mol. The lowest BCUT2D eigenvalue weighted by Crippen LogP contribution is -2.48. The molecule has 1 heterocycles. The number of rotatable bonds is 4. The van der Waals surface area contributed by atoms with Gasteiger partial charge in [-0.2, -0.15) is 4.31 Å². The van der Waals surface area contributed by atoms with Crippen molar-refractivity contribution in [3.05, 3.63) is 62.7 Å². The van der Waals surface area contributed by atoms with E-state index in [1.54, 1.807) is 6.92 Å². The Balaban J connectivity index is 1.80. The highest BCUT2D eigenvalue weighted by Crippen LogP contribution is 2.28. The van der Waals surface area contributed by atoms with Gasteiger partial charge in [0.1, 0.15) is 0 Å². The van der Waals surface area contributed by atoms with Gasteiger partial charge in [-0.3, -0.25) is 10.1 Å². The van der Waals surface area contributed by atoms with Gasteiger partial charge < -0.3 is 4.90 Å². The van der Waals surface area contributed by atoms with Crippen LogP contribution >= 0.6 is 11.6 Å². The van der Waals surface area contributed by atoms with E-state index in [2.05, 4.69) is 4.90 Å². The fraction of sp³-hybridized carbons (Fsp3) is 0.333. The predicted octanol–water partition coefficient (Wildman–Crippen LogP) is 3.38. The van der Waals surface area contributed by atoms with Crippen molar-refractivity contribution < 1.29 is 13.3 Å². The molecule has 0 bridgehead atoms. The summed E-state index contributed by atoms with van der Waals surface area (Å²) in [6, 6.07) is 9.70.